The molecule has 66 heavy (non-hydrogen) atoms. The van der Waals surface area contributed by atoms with E-state index in [4.69, 9.17) is 19.9 Å². The number of hydrogen-bond donors (Lipinski definition) is 0. The van der Waals surface area contributed by atoms with Gasteiger partial charge in [-0.1, -0.05) is 206 Å². The maximum Gasteiger partial charge on any atom is 0.164 e. The van der Waals surface area contributed by atoms with Crippen LogP contribution in [-0.2, 0) is 0 Å². The van der Waals surface area contributed by atoms with E-state index in [1.54, 1.807) is 0 Å². The smallest absolute Gasteiger partial charge is 0.164 e. The predicted octanol–water partition coefficient (Wildman–Crippen LogP) is 16.2. The van der Waals surface area contributed by atoms with Gasteiger partial charge in [0.1, 0.15) is 0 Å². The first-order chi connectivity index (χ1) is 32.7. The molecule has 4 nitrogen and oxygen atoms in total. The van der Waals surface area contributed by atoms with Gasteiger partial charge < -0.3 is 0 Å². The minimum atomic E-state index is 0.619. The van der Waals surface area contributed by atoms with E-state index >= 15 is 0 Å². The summed E-state index contributed by atoms with van der Waals surface area (Å²) >= 11 is 0. The summed E-state index contributed by atoms with van der Waals surface area (Å²) in [6.07, 6.45) is 0. The maximum atomic E-state index is 5.68. The lowest BCUT2D eigenvalue weighted by molar-refractivity contribution is 1.07. The number of rotatable bonds is 6. The molecule has 306 valence electrons. The van der Waals surface area contributed by atoms with Crippen LogP contribution in [0.4, 0.5) is 0 Å². The van der Waals surface area contributed by atoms with Crippen molar-refractivity contribution >= 4 is 64.8 Å². The molecular weight excluding hydrogens is 801 g/mol. The minimum absolute atomic E-state index is 0.619. The Balaban J connectivity index is 1.07. The van der Waals surface area contributed by atoms with Crippen LogP contribution in [0.2, 0.25) is 0 Å². The Hall–Kier alpha value is -8.86. The molecular formula is C62H38N4. The third-order valence-electron chi connectivity index (χ3n) is 13.1. The van der Waals surface area contributed by atoms with Gasteiger partial charge in [0, 0.05) is 33.0 Å². The highest BCUT2D eigenvalue weighted by molar-refractivity contribution is 6.22. The monoisotopic (exact) mass is 838 g/mol. The van der Waals surface area contributed by atoms with E-state index in [-0.39, 0.29) is 0 Å². The zero-order valence-corrected chi connectivity index (χ0v) is 35.7. The normalized spacial score (nSPS) is 11.6. The van der Waals surface area contributed by atoms with Gasteiger partial charge in [0.2, 0.25) is 0 Å². The number of hydrogen-bond acceptors (Lipinski definition) is 4. The lowest BCUT2D eigenvalue weighted by atomic mass is 9.87. The molecule has 0 N–H and O–H groups in total. The van der Waals surface area contributed by atoms with E-state index in [2.05, 4.69) is 170 Å². The van der Waals surface area contributed by atoms with Crippen LogP contribution in [0.3, 0.4) is 0 Å². The molecule has 0 saturated carbocycles. The summed E-state index contributed by atoms with van der Waals surface area (Å²) in [5.74, 6) is 1.89. The molecule has 2 heterocycles. The fraction of sp³-hybridized carbons (Fsp3) is 0. The minimum Gasteiger partial charge on any atom is -0.247 e. The van der Waals surface area contributed by atoms with Crippen LogP contribution in [0.15, 0.2) is 231 Å². The van der Waals surface area contributed by atoms with Gasteiger partial charge in [-0.2, -0.15) is 0 Å². The van der Waals surface area contributed by atoms with Gasteiger partial charge in [-0.05, 0) is 95.0 Å². The first-order valence-electron chi connectivity index (χ1n) is 22.4. The van der Waals surface area contributed by atoms with Crippen LogP contribution in [0.1, 0.15) is 0 Å². The summed E-state index contributed by atoms with van der Waals surface area (Å²) in [4.78, 5) is 20.7. The molecule has 0 fully saturated rings. The standard InChI is InChI=1S/C62H38N4/c1-3-17-40(18-4-1)60-64-61(41-19-5-2-6-20-41)66-62(65-60)42-33-31-39(32-34-42)53-38-58(56-36-44-22-8-10-24-46(44)48-26-12-14-28-50(48)56)63-59-52-30-16-15-29-51(52)55(37-57(53)59)54-35-43-21-7-9-23-45(43)47-25-11-13-27-49(47)54/h1-38H. The van der Waals surface area contributed by atoms with E-state index < -0.39 is 0 Å². The summed E-state index contributed by atoms with van der Waals surface area (Å²) < 4.78 is 0. The molecule has 13 aromatic rings. The van der Waals surface area contributed by atoms with Crippen molar-refractivity contribution in [1.82, 2.24) is 19.9 Å². The van der Waals surface area contributed by atoms with Gasteiger partial charge in [0.15, 0.2) is 17.5 Å². The van der Waals surface area contributed by atoms with Crippen molar-refractivity contribution in [2.24, 2.45) is 0 Å². The second-order valence-electron chi connectivity index (χ2n) is 16.9. The lowest BCUT2D eigenvalue weighted by Gasteiger charge is -2.18. The SMILES string of the molecule is c1ccc(-c2nc(-c3ccccc3)nc(-c3ccc(-c4cc(-c5cc6ccccc6c6ccccc56)nc5c4cc(-c4cc6ccccc6c6ccccc46)c4ccccc45)cc3)n2)cc1. The lowest BCUT2D eigenvalue weighted by Crippen LogP contribution is -2.00. The molecule has 0 unspecified atom stereocenters. The van der Waals surface area contributed by atoms with Gasteiger partial charge in [0.05, 0.1) is 11.2 Å². The molecule has 11 aromatic carbocycles. The van der Waals surface area contributed by atoms with Crippen molar-refractivity contribution in [3.8, 4) is 67.7 Å². The molecule has 13 rings (SSSR count). The fourth-order valence-electron chi connectivity index (χ4n) is 9.93. The van der Waals surface area contributed by atoms with E-state index in [1.807, 2.05) is 60.7 Å². The molecule has 0 amide bonds. The molecule has 0 saturated heterocycles. The second-order valence-corrected chi connectivity index (χ2v) is 16.9. The van der Waals surface area contributed by atoms with Crippen LogP contribution in [-0.4, -0.2) is 19.9 Å². The zero-order valence-electron chi connectivity index (χ0n) is 35.7. The van der Waals surface area contributed by atoms with Crippen molar-refractivity contribution in [1.29, 1.82) is 0 Å². The van der Waals surface area contributed by atoms with Crippen molar-refractivity contribution in [2.45, 2.75) is 0 Å². The van der Waals surface area contributed by atoms with Crippen LogP contribution >= 0.6 is 0 Å². The van der Waals surface area contributed by atoms with Gasteiger partial charge in [-0.25, -0.2) is 19.9 Å². The third-order valence-corrected chi connectivity index (χ3v) is 13.1. The van der Waals surface area contributed by atoms with Crippen LogP contribution in [0.5, 0.6) is 0 Å². The molecule has 0 aliphatic rings. The predicted molar refractivity (Wildman–Crippen MR) is 275 cm³/mol. The van der Waals surface area contributed by atoms with Gasteiger partial charge >= 0.3 is 0 Å². The molecule has 0 spiro atoms. The Morgan fingerprint density at radius 2 is 0.591 bits per heavy atom. The first-order valence-corrected chi connectivity index (χ1v) is 22.4. The molecule has 2 aromatic heterocycles. The molecule has 0 aliphatic heterocycles. The molecule has 0 aliphatic carbocycles. The van der Waals surface area contributed by atoms with Crippen molar-refractivity contribution in [2.75, 3.05) is 0 Å². The van der Waals surface area contributed by atoms with E-state index in [9.17, 15) is 0 Å². The number of aromatic nitrogens is 4. The van der Waals surface area contributed by atoms with Crippen molar-refractivity contribution < 1.29 is 0 Å². The Bertz CT molecular complexity index is 3970. The highest BCUT2D eigenvalue weighted by atomic mass is 15.0. The number of benzene rings is 11. The Labute approximate surface area is 381 Å². The number of pyridine rings is 1. The highest BCUT2D eigenvalue weighted by Crippen LogP contribution is 2.45. The van der Waals surface area contributed by atoms with Crippen LogP contribution < -0.4 is 0 Å². The summed E-state index contributed by atoms with van der Waals surface area (Å²) in [7, 11) is 0. The molecule has 0 radical (unpaired) electrons. The topological polar surface area (TPSA) is 51.6 Å². The van der Waals surface area contributed by atoms with Gasteiger partial charge in [0.25, 0.3) is 0 Å². The van der Waals surface area contributed by atoms with Crippen LogP contribution in [0.25, 0.3) is 132 Å². The van der Waals surface area contributed by atoms with E-state index in [0.29, 0.717) is 17.5 Å². The van der Waals surface area contributed by atoms with Crippen LogP contribution in [0, 0.1) is 0 Å². The first kappa shape index (κ1) is 37.7. The fourth-order valence-corrected chi connectivity index (χ4v) is 9.93. The van der Waals surface area contributed by atoms with Crippen molar-refractivity contribution in [3.63, 3.8) is 0 Å². The average Bonchev–Trinajstić information content (AvgIpc) is 3.40. The highest BCUT2D eigenvalue weighted by Gasteiger charge is 2.20. The Morgan fingerprint density at radius 1 is 0.212 bits per heavy atom. The summed E-state index contributed by atoms with van der Waals surface area (Å²) in [5.41, 5.74) is 10.3. The second kappa shape index (κ2) is 15.4. The van der Waals surface area contributed by atoms with Crippen molar-refractivity contribution in [3.05, 3.63) is 231 Å². The quantitative estimate of drug-likeness (QED) is 0.157. The Kier molecular flexibility index (Phi) is 8.81. The summed E-state index contributed by atoms with van der Waals surface area (Å²) in [6, 6.07) is 82.0. The third kappa shape index (κ3) is 6.30. The summed E-state index contributed by atoms with van der Waals surface area (Å²) in [5, 5.41) is 13.1. The zero-order chi connectivity index (χ0) is 43.6. The molecule has 0 bridgehead atoms. The molecule has 0 atom stereocenters. The summed E-state index contributed by atoms with van der Waals surface area (Å²) in [6.45, 7) is 0. The van der Waals surface area contributed by atoms with Gasteiger partial charge in [-0.3, -0.25) is 0 Å². The molecule has 4 heteroatoms. The van der Waals surface area contributed by atoms with E-state index in [0.717, 1.165) is 60.8 Å². The Morgan fingerprint density at radius 3 is 1.14 bits per heavy atom. The average molecular weight is 839 g/mol. The number of fused-ring (bicyclic) bond motifs is 9. The largest absolute Gasteiger partial charge is 0.247 e. The number of nitrogens with zero attached hydrogens (tertiary/aromatic N) is 4. The van der Waals surface area contributed by atoms with E-state index in [1.165, 1.54) is 54.2 Å². The maximum absolute atomic E-state index is 5.68. The van der Waals surface area contributed by atoms with Gasteiger partial charge in [-0.15, -0.1) is 0 Å².